The zero-order chi connectivity index (χ0) is 18.1. The molecule has 5 nitrogen and oxygen atoms in total. The number of aryl methyl sites for hydroxylation is 2. The minimum Gasteiger partial charge on any atom is -0.320 e. The number of nitrogens with one attached hydrogen (secondary N) is 1. The maximum Gasteiger partial charge on any atom is 0.278 e. The van der Waals surface area contributed by atoms with Crippen molar-refractivity contribution in [3.63, 3.8) is 0 Å². The summed E-state index contributed by atoms with van der Waals surface area (Å²) in [6.07, 6.45) is 0. The highest BCUT2D eigenvalue weighted by atomic mass is 35.5. The second kappa shape index (κ2) is 6.69. The Balaban J connectivity index is 1.91. The van der Waals surface area contributed by atoms with Crippen LogP contribution in [0.25, 0.3) is 5.69 Å². The number of benzene rings is 2. The summed E-state index contributed by atoms with van der Waals surface area (Å²) >= 11 is 6.10. The van der Waals surface area contributed by atoms with Crippen LogP contribution in [0.3, 0.4) is 0 Å². The summed E-state index contributed by atoms with van der Waals surface area (Å²) < 4.78 is 1.67. The third-order valence-corrected chi connectivity index (χ3v) is 4.77. The molecular formula is C19H19ClN4O. The van der Waals surface area contributed by atoms with Crippen molar-refractivity contribution in [2.24, 2.45) is 0 Å². The van der Waals surface area contributed by atoms with E-state index in [9.17, 15) is 4.79 Å². The molecular weight excluding hydrogens is 336 g/mol. The highest BCUT2D eigenvalue weighted by Gasteiger charge is 2.18. The second-order valence-corrected chi connectivity index (χ2v) is 6.48. The third kappa shape index (κ3) is 3.28. The van der Waals surface area contributed by atoms with Crippen molar-refractivity contribution in [3.05, 3.63) is 69.5 Å². The van der Waals surface area contributed by atoms with Crippen LogP contribution in [0.2, 0.25) is 5.02 Å². The molecule has 0 saturated heterocycles. The van der Waals surface area contributed by atoms with E-state index < -0.39 is 0 Å². The van der Waals surface area contributed by atoms with Crippen molar-refractivity contribution in [2.75, 3.05) is 5.32 Å². The lowest BCUT2D eigenvalue weighted by Gasteiger charge is -2.09. The van der Waals surface area contributed by atoms with Crippen LogP contribution >= 0.6 is 11.6 Å². The number of carbonyl (C=O) groups is 1. The molecule has 1 heterocycles. The van der Waals surface area contributed by atoms with Gasteiger partial charge in [0.25, 0.3) is 5.91 Å². The van der Waals surface area contributed by atoms with E-state index in [0.29, 0.717) is 16.4 Å². The molecule has 6 heteroatoms. The molecule has 0 radical (unpaired) electrons. The Morgan fingerprint density at radius 3 is 2.56 bits per heavy atom. The van der Waals surface area contributed by atoms with Gasteiger partial charge in [-0.3, -0.25) is 4.79 Å². The Hall–Kier alpha value is -2.66. The number of anilines is 1. The normalized spacial score (nSPS) is 10.8. The molecule has 1 aromatic heterocycles. The SMILES string of the molecule is Cc1ccc(-n2nnc(C(=O)Nc3cccc(Cl)c3C)c2C)cc1C. The number of hydrogen-bond acceptors (Lipinski definition) is 3. The van der Waals surface area contributed by atoms with Crippen LogP contribution in [0.5, 0.6) is 0 Å². The minimum atomic E-state index is -0.307. The summed E-state index contributed by atoms with van der Waals surface area (Å²) in [5.41, 5.74) is 5.70. The molecule has 0 fully saturated rings. The van der Waals surface area contributed by atoms with E-state index in [1.165, 1.54) is 5.56 Å². The first kappa shape index (κ1) is 17.2. The summed E-state index contributed by atoms with van der Waals surface area (Å²) in [5.74, 6) is -0.307. The first-order valence-corrected chi connectivity index (χ1v) is 8.32. The quantitative estimate of drug-likeness (QED) is 0.758. The molecule has 2 aromatic carbocycles. The summed E-state index contributed by atoms with van der Waals surface area (Å²) in [5, 5.41) is 11.7. The Morgan fingerprint density at radius 1 is 1.08 bits per heavy atom. The zero-order valence-electron chi connectivity index (χ0n) is 14.6. The van der Waals surface area contributed by atoms with Gasteiger partial charge >= 0.3 is 0 Å². The molecule has 0 saturated carbocycles. The van der Waals surface area contributed by atoms with E-state index >= 15 is 0 Å². The Morgan fingerprint density at radius 2 is 1.84 bits per heavy atom. The molecule has 128 valence electrons. The van der Waals surface area contributed by atoms with Gasteiger partial charge in [0.05, 0.1) is 11.4 Å². The van der Waals surface area contributed by atoms with Crippen molar-refractivity contribution in [3.8, 4) is 5.69 Å². The first-order chi connectivity index (χ1) is 11.9. The lowest BCUT2D eigenvalue weighted by atomic mass is 10.1. The third-order valence-electron chi connectivity index (χ3n) is 4.36. The zero-order valence-corrected chi connectivity index (χ0v) is 15.3. The van der Waals surface area contributed by atoms with Crippen molar-refractivity contribution in [1.82, 2.24) is 15.0 Å². The van der Waals surface area contributed by atoms with E-state index in [1.807, 2.05) is 45.0 Å². The van der Waals surface area contributed by atoms with E-state index in [2.05, 4.69) is 22.6 Å². The Labute approximate surface area is 151 Å². The van der Waals surface area contributed by atoms with Crippen LogP contribution in [0.4, 0.5) is 5.69 Å². The number of rotatable bonds is 3. The molecule has 3 rings (SSSR count). The summed E-state index contributed by atoms with van der Waals surface area (Å²) in [7, 11) is 0. The number of halogens is 1. The summed E-state index contributed by atoms with van der Waals surface area (Å²) in [4.78, 5) is 12.6. The Bertz CT molecular complexity index is 962. The summed E-state index contributed by atoms with van der Waals surface area (Å²) in [6, 6.07) is 11.4. The van der Waals surface area contributed by atoms with E-state index in [1.54, 1.807) is 16.8 Å². The molecule has 0 atom stereocenters. The molecule has 0 aliphatic rings. The fourth-order valence-corrected chi connectivity index (χ4v) is 2.74. The van der Waals surface area contributed by atoms with Crippen molar-refractivity contribution >= 4 is 23.2 Å². The molecule has 0 aliphatic heterocycles. The van der Waals surface area contributed by atoms with E-state index in [0.717, 1.165) is 16.8 Å². The second-order valence-electron chi connectivity index (χ2n) is 6.07. The molecule has 1 N–H and O–H groups in total. The smallest absolute Gasteiger partial charge is 0.278 e. The largest absolute Gasteiger partial charge is 0.320 e. The van der Waals surface area contributed by atoms with Crippen LogP contribution in [0.1, 0.15) is 32.9 Å². The van der Waals surface area contributed by atoms with E-state index in [-0.39, 0.29) is 11.6 Å². The lowest BCUT2D eigenvalue weighted by Crippen LogP contribution is -2.15. The molecule has 1 amide bonds. The topological polar surface area (TPSA) is 59.8 Å². The maximum absolute atomic E-state index is 12.6. The fourth-order valence-electron chi connectivity index (χ4n) is 2.57. The van der Waals surface area contributed by atoms with Crippen molar-refractivity contribution in [1.29, 1.82) is 0 Å². The average Bonchev–Trinajstić information content (AvgIpc) is 2.96. The predicted molar refractivity (Wildman–Crippen MR) is 99.7 cm³/mol. The van der Waals surface area contributed by atoms with Gasteiger partial charge in [0, 0.05) is 10.7 Å². The predicted octanol–water partition coefficient (Wildman–Crippen LogP) is 4.41. The standard InChI is InChI=1S/C19H19ClN4O/c1-11-8-9-15(10-12(11)2)24-14(4)18(22-23-24)19(25)21-17-7-5-6-16(20)13(17)3/h5-10H,1-4H3,(H,21,25). The highest BCUT2D eigenvalue weighted by Crippen LogP contribution is 2.24. The van der Waals surface area contributed by atoms with Crippen LogP contribution in [0, 0.1) is 27.7 Å². The number of amides is 1. The van der Waals surface area contributed by atoms with Gasteiger partial charge in [0.2, 0.25) is 0 Å². The molecule has 0 spiro atoms. The molecule has 0 aliphatic carbocycles. The van der Waals surface area contributed by atoms with Gasteiger partial charge < -0.3 is 5.32 Å². The van der Waals surface area contributed by atoms with E-state index in [4.69, 9.17) is 11.6 Å². The van der Waals surface area contributed by atoms with Crippen molar-refractivity contribution in [2.45, 2.75) is 27.7 Å². The van der Waals surface area contributed by atoms with Gasteiger partial charge in [0.1, 0.15) is 0 Å². The van der Waals surface area contributed by atoms with Crippen molar-refractivity contribution < 1.29 is 4.79 Å². The number of carbonyl (C=O) groups excluding carboxylic acids is 1. The van der Waals surface area contributed by atoms with Crippen LogP contribution in [-0.4, -0.2) is 20.9 Å². The van der Waals surface area contributed by atoms with Gasteiger partial charge in [-0.25, -0.2) is 4.68 Å². The van der Waals surface area contributed by atoms with Crippen LogP contribution < -0.4 is 5.32 Å². The van der Waals surface area contributed by atoms with Gasteiger partial charge in [-0.15, -0.1) is 5.10 Å². The fraction of sp³-hybridized carbons (Fsp3) is 0.211. The number of aromatic nitrogens is 3. The molecule has 0 bridgehead atoms. The van der Waals surface area contributed by atoms with Gasteiger partial charge in [0.15, 0.2) is 5.69 Å². The van der Waals surface area contributed by atoms with Gasteiger partial charge in [-0.1, -0.05) is 28.9 Å². The van der Waals surface area contributed by atoms with Crippen LogP contribution in [0.15, 0.2) is 36.4 Å². The maximum atomic E-state index is 12.6. The molecule has 25 heavy (non-hydrogen) atoms. The molecule has 3 aromatic rings. The van der Waals surface area contributed by atoms with Gasteiger partial charge in [-0.2, -0.15) is 0 Å². The minimum absolute atomic E-state index is 0.289. The first-order valence-electron chi connectivity index (χ1n) is 7.95. The average molecular weight is 355 g/mol. The van der Waals surface area contributed by atoms with Crippen LogP contribution in [-0.2, 0) is 0 Å². The molecule has 0 unspecified atom stereocenters. The number of hydrogen-bond donors (Lipinski definition) is 1. The highest BCUT2D eigenvalue weighted by molar-refractivity contribution is 6.31. The number of nitrogens with zero attached hydrogens (tertiary/aromatic N) is 3. The summed E-state index contributed by atoms with van der Waals surface area (Å²) in [6.45, 7) is 7.78. The Kier molecular flexibility index (Phi) is 4.59. The lowest BCUT2D eigenvalue weighted by molar-refractivity contribution is 0.102. The van der Waals surface area contributed by atoms with Gasteiger partial charge in [-0.05, 0) is 68.7 Å². The monoisotopic (exact) mass is 354 g/mol.